The first-order valence-electron chi connectivity index (χ1n) is 24.6. The summed E-state index contributed by atoms with van der Waals surface area (Å²) in [7, 11) is 1.33. The molecule has 0 radical (unpaired) electrons. The van der Waals surface area contributed by atoms with Gasteiger partial charge in [0.2, 0.25) is 0 Å². The van der Waals surface area contributed by atoms with E-state index in [9.17, 15) is 24.0 Å². The average molecular weight is 889 g/mol. The van der Waals surface area contributed by atoms with Gasteiger partial charge in [-0.2, -0.15) is 0 Å². The molecule has 14 heteroatoms. The molecule has 3 atom stereocenters. The summed E-state index contributed by atoms with van der Waals surface area (Å²) in [5, 5.41) is 5.98. The Labute approximate surface area is 384 Å². The molecule has 2 N–H and O–H groups in total. The second-order valence-corrected chi connectivity index (χ2v) is 18.9. The number of carbonyl (C=O) groups excluding carboxylic acids is 5. The normalized spacial score (nSPS) is 21.3. The molecule has 8 rings (SSSR count). The van der Waals surface area contributed by atoms with Gasteiger partial charge in [0.25, 0.3) is 23.6 Å². The number of aryl methyl sites for hydroxylation is 1. The van der Waals surface area contributed by atoms with Crippen LogP contribution >= 0.6 is 0 Å². The lowest BCUT2D eigenvalue weighted by atomic mass is 9.84. The van der Waals surface area contributed by atoms with Gasteiger partial charge in [0.1, 0.15) is 28.8 Å². The number of carbonyl (C=O) groups is 5. The molecule has 1 aromatic carbocycles. The third kappa shape index (κ3) is 11.8. The van der Waals surface area contributed by atoms with Crippen molar-refractivity contribution in [2.24, 2.45) is 5.92 Å². The largest absolute Gasteiger partial charge is 0.467 e. The maximum Gasteiger partial charge on any atom is 0.328 e. The van der Waals surface area contributed by atoms with Crippen LogP contribution in [0.15, 0.2) is 54.6 Å². The number of pyridine rings is 2. The van der Waals surface area contributed by atoms with E-state index in [2.05, 4.69) is 32.6 Å². The van der Waals surface area contributed by atoms with E-state index in [1.807, 2.05) is 28.0 Å². The number of aromatic nitrogens is 2. The molecule has 4 amide bonds. The van der Waals surface area contributed by atoms with Gasteiger partial charge < -0.3 is 35.0 Å². The first kappa shape index (κ1) is 46.3. The fourth-order valence-electron chi connectivity index (χ4n) is 10.8. The quantitative estimate of drug-likeness (QED) is 0.126. The number of piperidine rings is 1. The number of hydrogen-bond acceptors (Lipinski definition) is 10. The van der Waals surface area contributed by atoms with Crippen molar-refractivity contribution in [1.29, 1.82) is 0 Å². The predicted octanol–water partition coefficient (Wildman–Crippen LogP) is 6.15. The maximum absolute atomic E-state index is 14.7. The van der Waals surface area contributed by atoms with Crippen LogP contribution in [0.25, 0.3) is 11.1 Å². The molecule has 4 saturated heterocycles. The molecular weight excluding hydrogens is 821 g/mol. The number of benzene rings is 1. The number of nitrogens with zero attached hydrogens (tertiary/aromatic N) is 6. The standard InChI is InChI=1S/C51H68N8O6/c1-65-51(64)46(37-19-7-3-8-20-37)55-48(61)43-31-39(33-45(54-43)50(63)59-29-15-22-41(59)35-57-26-11-12-27-57)38-30-42(47(60)52-23-13-18-36-16-5-2-6-17-36)53-44(32-38)49(62)58-28-14-21-40(58)34-56-24-9-4-10-25-56/h2,5-6,16-17,30-33,37,40-41,46H,3-4,7-15,18-29,34-35H2,1H3,(H,52,60)(H,55,61). The number of hydrogen-bond donors (Lipinski definition) is 2. The van der Waals surface area contributed by atoms with E-state index in [1.165, 1.54) is 19.1 Å². The van der Waals surface area contributed by atoms with Gasteiger partial charge in [0.05, 0.1) is 7.11 Å². The zero-order valence-electron chi connectivity index (χ0n) is 38.3. The molecule has 1 aliphatic carbocycles. The molecule has 6 heterocycles. The predicted molar refractivity (Wildman–Crippen MR) is 248 cm³/mol. The highest BCUT2D eigenvalue weighted by Gasteiger charge is 2.36. The second kappa shape index (κ2) is 22.3. The first-order chi connectivity index (χ1) is 31.7. The minimum Gasteiger partial charge on any atom is -0.467 e. The summed E-state index contributed by atoms with van der Waals surface area (Å²) >= 11 is 0. The lowest BCUT2D eigenvalue weighted by Crippen LogP contribution is -2.47. The smallest absolute Gasteiger partial charge is 0.328 e. The molecule has 348 valence electrons. The third-order valence-corrected chi connectivity index (χ3v) is 14.4. The molecular formula is C51H68N8O6. The number of amides is 4. The number of esters is 1. The van der Waals surface area contributed by atoms with Crippen LogP contribution in [0.4, 0.5) is 0 Å². The number of likely N-dealkylation sites (tertiary alicyclic amines) is 4. The van der Waals surface area contributed by atoms with Crippen LogP contribution in [0.2, 0.25) is 0 Å². The fraction of sp³-hybridized carbons (Fsp3) is 0.588. The van der Waals surface area contributed by atoms with E-state index >= 15 is 0 Å². The highest BCUT2D eigenvalue weighted by molar-refractivity contribution is 6.01. The minimum atomic E-state index is -0.874. The van der Waals surface area contributed by atoms with Crippen molar-refractivity contribution in [2.45, 2.75) is 121 Å². The summed E-state index contributed by atoms with van der Waals surface area (Å²) < 4.78 is 5.19. The van der Waals surface area contributed by atoms with Crippen molar-refractivity contribution >= 4 is 29.6 Å². The van der Waals surface area contributed by atoms with Crippen LogP contribution in [0.1, 0.15) is 144 Å². The Hall–Kier alpha value is -5.21. The Balaban J connectivity index is 1.14. The number of nitrogens with one attached hydrogen (secondary N) is 2. The SMILES string of the molecule is COC(=O)C(NC(=O)c1cc(-c2cc(C(=O)NCCCc3ccccc3)nc(C(=O)N3CCCC3CN3CCCCC3)c2)cc(C(=O)N2CCCC2CN2CCCC2)n1)C1CCCCC1. The van der Waals surface area contributed by atoms with Crippen molar-refractivity contribution in [3.05, 3.63) is 82.9 Å². The second-order valence-electron chi connectivity index (χ2n) is 18.9. The number of ether oxygens (including phenoxy) is 1. The summed E-state index contributed by atoms with van der Waals surface area (Å²) in [5.74, 6) is -2.15. The molecule has 0 bridgehead atoms. The maximum atomic E-state index is 14.7. The highest BCUT2D eigenvalue weighted by atomic mass is 16.5. The molecule has 3 aromatic rings. The Kier molecular flexibility index (Phi) is 15.9. The van der Waals surface area contributed by atoms with E-state index in [4.69, 9.17) is 14.7 Å². The molecule has 14 nitrogen and oxygen atoms in total. The van der Waals surface area contributed by atoms with E-state index in [0.29, 0.717) is 37.2 Å². The first-order valence-corrected chi connectivity index (χ1v) is 24.6. The summed E-state index contributed by atoms with van der Waals surface area (Å²) in [4.78, 5) is 89.1. The van der Waals surface area contributed by atoms with Gasteiger partial charge in [-0.1, -0.05) is 56.0 Å². The summed E-state index contributed by atoms with van der Waals surface area (Å²) in [6.45, 7) is 7.25. The molecule has 0 spiro atoms. The molecule has 5 aliphatic rings. The van der Waals surface area contributed by atoms with Crippen molar-refractivity contribution in [3.8, 4) is 11.1 Å². The Morgan fingerprint density at radius 2 is 1.12 bits per heavy atom. The fourth-order valence-corrected chi connectivity index (χ4v) is 10.8. The van der Waals surface area contributed by atoms with Crippen LogP contribution in [0.5, 0.6) is 0 Å². The Morgan fingerprint density at radius 3 is 1.68 bits per heavy atom. The van der Waals surface area contributed by atoms with Crippen LogP contribution in [0, 0.1) is 5.92 Å². The van der Waals surface area contributed by atoms with Gasteiger partial charge >= 0.3 is 5.97 Å². The topological polar surface area (TPSA) is 157 Å². The third-order valence-electron chi connectivity index (χ3n) is 14.4. The lowest BCUT2D eigenvalue weighted by molar-refractivity contribution is -0.144. The Bertz CT molecular complexity index is 2130. The van der Waals surface area contributed by atoms with Gasteiger partial charge in [-0.15, -0.1) is 0 Å². The number of rotatable bonds is 16. The Morgan fingerprint density at radius 1 is 0.615 bits per heavy atom. The zero-order chi connectivity index (χ0) is 45.1. The molecule has 2 aromatic heterocycles. The molecule has 1 saturated carbocycles. The minimum absolute atomic E-state index is 0.0130. The lowest BCUT2D eigenvalue weighted by Gasteiger charge is -2.33. The monoisotopic (exact) mass is 889 g/mol. The highest BCUT2D eigenvalue weighted by Crippen LogP contribution is 2.30. The van der Waals surface area contributed by atoms with Gasteiger partial charge in [-0.25, -0.2) is 14.8 Å². The summed E-state index contributed by atoms with van der Waals surface area (Å²) in [6, 6.07) is 15.8. The van der Waals surface area contributed by atoms with E-state index in [1.54, 1.807) is 24.3 Å². The van der Waals surface area contributed by atoms with Crippen molar-refractivity contribution in [2.75, 3.05) is 66.0 Å². The van der Waals surface area contributed by atoms with Gasteiger partial charge in [-0.05, 0) is 150 Å². The van der Waals surface area contributed by atoms with Crippen LogP contribution in [0.3, 0.4) is 0 Å². The van der Waals surface area contributed by atoms with Crippen LogP contribution in [-0.2, 0) is 16.0 Å². The van der Waals surface area contributed by atoms with Crippen LogP contribution < -0.4 is 10.6 Å². The van der Waals surface area contributed by atoms with Crippen molar-refractivity contribution in [3.63, 3.8) is 0 Å². The molecule has 5 fully saturated rings. The zero-order valence-corrected chi connectivity index (χ0v) is 38.3. The van der Waals surface area contributed by atoms with E-state index in [0.717, 1.165) is 129 Å². The van der Waals surface area contributed by atoms with Gasteiger partial charge in [0, 0.05) is 44.8 Å². The van der Waals surface area contributed by atoms with Crippen molar-refractivity contribution < 1.29 is 28.7 Å². The van der Waals surface area contributed by atoms with Crippen LogP contribution in [-0.4, -0.2) is 143 Å². The summed E-state index contributed by atoms with van der Waals surface area (Å²) in [6.07, 6.45) is 15.4. The average Bonchev–Trinajstić information content (AvgIpc) is 4.16. The van der Waals surface area contributed by atoms with Crippen molar-refractivity contribution in [1.82, 2.24) is 40.2 Å². The van der Waals surface area contributed by atoms with Gasteiger partial charge in [0.15, 0.2) is 0 Å². The molecule has 65 heavy (non-hydrogen) atoms. The van der Waals surface area contributed by atoms with Gasteiger partial charge in [-0.3, -0.25) is 19.2 Å². The summed E-state index contributed by atoms with van der Waals surface area (Å²) in [5.41, 5.74) is 2.33. The van der Waals surface area contributed by atoms with E-state index in [-0.39, 0.29) is 52.6 Å². The molecule has 3 unspecified atom stereocenters. The molecule has 4 aliphatic heterocycles. The van der Waals surface area contributed by atoms with E-state index < -0.39 is 23.8 Å². The number of methoxy groups -OCH3 is 1.